The zero-order chi connectivity index (χ0) is 14.4. The highest BCUT2D eigenvalue weighted by Gasteiger charge is 2.13. The number of thioether (sulfide) groups is 1. The van der Waals surface area contributed by atoms with E-state index in [-0.39, 0.29) is 5.97 Å². The van der Waals surface area contributed by atoms with Gasteiger partial charge in [-0.15, -0.1) is 11.3 Å². The van der Waals surface area contributed by atoms with Crippen molar-refractivity contribution in [2.24, 2.45) is 5.73 Å². The van der Waals surface area contributed by atoms with E-state index in [1.807, 2.05) is 18.2 Å². The Labute approximate surface area is 126 Å². The third-order valence-electron chi connectivity index (χ3n) is 2.73. The summed E-state index contributed by atoms with van der Waals surface area (Å²) in [5.74, 6) is 1.37. The lowest BCUT2D eigenvalue weighted by molar-refractivity contribution is -0.144. The van der Waals surface area contributed by atoms with Crippen LogP contribution >= 0.6 is 23.1 Å². The molecule has 2 N–H and O–H groups in total. The van der Waals surface area contributed by atoms with Crippen molar-refractivity contribution in [1.29, 1.82) is 0 Å². The van der Waals surface area contributed by atoms with Gasteiger partial charge in [0, 0.05) is 5.75 Å². The van der Waals surface area contributed by atoms with Crippen LogP contribution in [0.15, 0.2) is 24.3 Å². The van der Waals surface area contributed by atoms with E-state index in [4.69, 9.17) is 10.5 Å². The third-order valence-corrected chi connectivity index (χ3v) is 4.95. The maximum Gasteiger partial charge on any atom is 0.322 e. The van der Waals surface area contributed by atoms with E-state index >= 15 is 0 Å². The fourth-order valence-electron chi connectivity index (χ4n) is 1.72. The summed E-state index contributed by atoms with van der Waals surface area (Å²) in [6.07, 6.45) is 0.633. The van der Waals surface area contributed by atoms with Gasteiger partial charge < -0.3 is 10.5 Å². The number of nitrogens with two attached hydrogens (primary N) is 1. The smallest absolute Gasteiger partial charge is 0.322 e. The quantitative estimate of drug-likeness (QED) is 0.629. The summed E-state index contributed by atoms with van der Waals surface area (Å²) in [4.78, 5) is 15.9. The van der Waals surface area contributed by atoms with E-state index < -0.39 is 6.04 Å². The maximum atomic E-state index is 11.4. The van der Waals surface area contributed by atoms with Gasteiger partial charge in [-0.05, 0) is 31.2 Å². The molecule has 0 aliphatic heterocycles. The fraction of sp³-hybridized carbons (Fsp3) is 0.429. The molecule has 6 heteroatoms. The predicted molar refractivity (Wildman–Crippen MR) is 85.0 cm³/mol. The molecular weight excluding hydrogens is 292 g/mol. The highest BCUT2D eigenvalue weighted by atomic mass is 32.2. The number of hydrogen-bond acceptors (Lipinski definition) is 6. The molecule has 108 valence electrons. The minimum atomic E-state index is -0.516. The molecule has 0 aliphatic rings. The number of esters is 1. The number of nitrogens with zero attached hydrogens (tertiary/aromatic N) is 1. The number of para-hydroxylation sites is 1. The van der Waals surface area contributed by atoms with Crippen LogP contribution in [0, 0.1) is 0 Å². The Hall–Kier alpha value is -1.11. The van der Waals surface area contributed by atoms with Crippen LogP contribution in [0.5, 0.6) is 0 Å². The number of hydrogen-bond donors (Lipinski definition) is 1. The number of fused-ring (bicyclic) bond motifs is 1. The Morgan fingerprint density at radius 1 is 1.50 bits per heavy atom. The minimum Gasteiger partial charge on any atom is -0.465 e. The van der Waals surface area contributed by atoms with Crippen LogP contribution in [0.4, 0.5) is 0 Å². The summed E-state index contributed by atoms with van der Waals surface area (Å²) in [5, 5.41) is 1.11. The molecule has 0 fully saturated rings. The number of ether oxygens (including phenoxy) is 1. The van der Waals surface area contributed by atoms with Crippen LogP contribution in [0.2, 0.25) is 0 Å². The summed E-state index contributed by atoms with van der Waals surface area (Å²) in [6, 6.07) is 7.61. The molecule has 4 nitrogen and oxygen atoms in total. The maximum absolute atomic E-state index is 11.4. The van der Waals surface area contributed by atoms with Crippen LogP contribution < -0.4 is 5.73 Å². The van der Waals surface area contributed by atoms with Crippen molar-refractivity contribution in [3.8, 4) is 0 Å². The number of carbonyl (C=O) groups excluding carboxylic acids is 1. The number of aromatic nitrogens is 1. The second-order valence-corrected chi connectivity index (χ2v) is 6.50. The molecule has 1 atom stereocenters. The topological polar surface area (TPSA) is 65.2 Å². The van der Waals surface area contributed by atoms with Gasteiger partial charge in [0.25, 0.3) is 0 Å². The van der Waals surface area contributed by atoms with Gasteiger partial charge in [-0.25, -0.2) is 4.98 Å². The van der Waals surface area contributed by atoms with Crippen LogP contribution in [0.3, 0.4) is 0 Å². The minimum absolute atomic E-state index is 0.312. The van der Waals surface area contributed by atoms with Crippen LogP contribution in [-0.4, -0.2) is 29.4 Å². The number of rotatable bonds is 7. The second kappa shape index (κ2) is 7.61. The monoisotopic (exact) mass is 310 g/mol. The molecule has 0 bridgehead atoms. The van der Waals surface area contributed by atoms with Crippen molar-refractivity contribution in [2.45, 2.75) is 25.1 Å². The van der Waals surface area contributed by atoms with Crippen LogP contribution in [0.1, 0.15) is 18.4 Å². The highest BCUT2D eigenvalue weighted by molar-refractivity contribution is 7.98. The third kappa shape index (κ3) is 4.19. The highest BCUT2D eigenvalue weighted by Crippen LogP contribution is 2.25. The molecule has 2 aromatic rings. The lowest BCUT2D eigenvalue weighted by Crippen LogP contribution is -2.32. The Bertz CT molecular complexity index is 538. The first kappa shape index (κ1) is 15.3. The van der Waals surface area contributed by atoms with Crippen molar-refractivity contribution in [2.75, 3.05) is 12.4 Å². The zero-order valence-electron chi connectivity index (χ0n) is 11.4. The van der Waals surface area contributed by atoms with Crippen molar-refractivity contribution >= 4 is 39.3 Å². The van der Waals surface area contributed by atoms with Gasteiger partial charge in [0.05, 0.1) is 16.8 Å². The normalized spacial score (nSPS) is 12.5. The molecule has 0 saturated carbocycles. The van der Waals surface area contributed by atoms with Crippen molar-refractivity contribution in [3.05, 3.63) is 29.3 Å². The first-order valence-electron chi connectivity index (χ1n) is 6.55. The van der Waals surface area contributed by atoms with E-state index in [9.17, 15) is 4.79 Å². The van der Waals surface area contributed by atoms with Gasteiger partial charge in [0.15, 0.2) is 0 Å². The Morgan fingerprint density at radius 3 is 3.05 bits per heavy atom. The summed E-state index contributed by atoms with van der Waals surface area (Å²) >= 11 is 3.46. The SMILES string of the molecule is CCOC(=O)C(N)CCSCc1nc2ccccc2s1. The molecule has 0 saturated heterocycles. The number of carbonyl (C=O) groups is 1. The van der Waals surface area contributed by atoms with Gasteiger partial charge in [-0.2, -0.15) is 11.8 Å². The Kier molecular flexibility index (Phi) is 5.82. The largest absolute Gasteiger partial charge is 0.465 e. The summed E-state index contributed by atoms with van der Waals surface area (Å²) in [6.45, 7) is 2.16. The molecule has 1 aromatic heterocycles. The lowest BCUT2D eigenvalue weighted by atomic mass is 10.2. The molecule has 0 aliphatic carbocycles. The Morgan fingerprint density at radius 2 is 2.30 bits per heavy atom. The molecule has 0 radical (unpaired) electrons. The molecule has 1 heterocycles. The molecule has 1 unspecified atom stereocenters. The molecule has 0 amide bonds. The second-order valence-electron chi connectivity index (χ2n) is 4.28. The van der Waals surface area contributed by atoms with Gasteiger partial charge >= 0.3 is 5.97 Å². The van der Waals surface area contributed by atoms with Gasteiger partial charge in [0.1, 0.15) is 11.0 Å². The fourth-order valence-corrected chi connectivity index (χ4v) is 3.77. The first-order valence-corrected chi connectivity index (χ1v) is 8.52. The molecule has 0 spiro atoms. The van der Waals surface area contributed by atoms with E-state index in [2.05, 4.69) is 11.1 Å². The van der Waals surface area contributed by atoms with E-state index in [0.29, 0.717) is 13.0 Å². The van der Waals surface area contributed by atoms with Crippen molar-refractivity contribution in [1.82, 2.24) is 4.98 Å². The van der Waals surface area contributed by atoms with Crippen molar-refractivity contribution < 1.29 is 9.53 Å². The summed E-state index contributed by atoms with van der Waals surface area (Å²) in [5.41, 5.74) is 6.80. The molecular formula is C14H18N2O2S2. The van der Waals surface area contributed by atoms with Gasteiger partial charge in [-0.1, -0.05) is 12.1 Å². The predicted octanol–water partition coefficient (Wildman–Crippen LogP) is 2.81. The van der Waals surface area contributed by atoms with E-state index in [0.717, 1.165) is 22.0 Å². The summed E-state index contributed by atoms with van der Waals surface area (Å²) in [7, 11) is 0. The lowest BCUT2D eigenvalue weighted by Gasteiger charge is -2.09. The van der Waals surface area contributed by atoms with E-state index in [1.165, 1.54) is 4.70 Å². The molecule has 2 rings (SSSR count). The average Bonchev–Trinajstić information content (AvgIpc) is 2.86. The molecule has 1 aromatic carbocycles. The van der Waals surface area contributed by atoms with Crippen LogP contribution in [-0.2, 0) is 15.3 Å². The number of benzene rings is 1. The van der Waals surface area contributed by atoms with E-state index in [1.54, 1.807) is 30.0 Å². The van der Waals surface area contributed by atoms with Gasteiger partial charge in [-0.3, -0.25) is 4.79 Å². The summed E-state index contributed by atoms with van der Waals surface area (Å²) < 4.78 is 6.09. The van der Waals surface area contributed by atoms with Crippen molar-refractivity contribution in [3.63, 3.8) is 0 Å². The zero-order valence-corrected chi connectivity index (χ0v) is 13.0. The standard InChI is InChI=1S/C14H18N2O2S2/c1-2-18-14(17)10(15)7-8-19-9-13-16-11-5-3-4-6-12(11)20-13/h3-6,10H,2,7-9,15H2,1H3. The van der Waals surface area contributed by atoms with Gasteiger partial charge in [0.2, 0.25) is 0 Å². The average molecular weight is 310 g/mol. The molecule has 20 heavy (non-hydrogen) atoms. The first-order chi connectivity index (χ1) is 9.70. The Balaban J connectivity index is 1.74. The number of thiazole rings is 1. The van der Waals surface area contributed by atoms with Crippen LogP contribution in [0.25, 0.3) is 10.2 Å².